The van der Waals surface area contributed by atoms with Crippen molar-refractivity contribution in [2.75, 3.05) is 6.61 Å². The largest absolute Gasteiger partial charge is 0.375 e. The highest BCUT2D eigenvalue weighted by Crippen LogP contribution is 2.27. The van der Waals surface area contributed by atoms with Crippen LogP contribution < -0.4 is 5.32 Å². The summed E-state index contributed by atoms with van der Waals surface area (Å²) in [7, 11) is 0. The van der Waals surface area contributed by atoms with Crippen LogP contribution in [0, 0.1) is 11.8 Å². The van der Waals surface area contributed by atoms with Crippen LogP contribution in [-0.4, -0.2) is 18.8 Å². The number of ether oxygens (including phenoxy) is 1. The fourth-order valence-electron chi connectivity index (χ4n) is 2.89. The predicted molar refractivity (Wildman–Crippen MR) is 80.1 cm³/mol. The van der Waals surface area contributed by atoms with Crippen LogP contribution in [0.4, 0.5) is 0 Å². The van der Waals surface area contributed by atoms with E-state index in [4.69, 9.17) is 4.74 Å². The minimum atomic E-state index is 0.331. The van der Waals surface area contributed by atoms with E-state index in [2.05, 4.69) is 63.3 Å². The molecule has 0 bridgehead atoms. The molecule has 1 saturated heterocycles. The van der Waals surface area contributed by atoms with E-state index in [9.17, 15) is 0 Å². The molecule has 3 unspecified atom stereocenters. The fraction of sp³-hybridized carbons (Fsp3) is 0.647. The Morgan fingerprint density at radius 2 is 1.84 bits per heavy atom. The van der Waals surface area contributed by atoms with Crippen LogP contribution in [0.15, 0.2) is 30.3 Å². The highest BCUT2D eigenvalue weighted by Gasteiger charge is 2.33. The second-order valence-corrected chi connectivity index (χ2v) is 6.40. The quantitative estimate of drug-likeness (QED) is 0.890. The van der Waals surface area contributed by atoms with Crippen LogP contribution in [0.1, 0.15) is 45.7 Å². The maximum atomic E-state index is 6.17. The lowest BCUT2D eigenvalue weighted by Gasteiger charge is -2.40. The Bertz CT molecular complexity index is 374. The van der Waals surface area contributed by atoms with Crippen molar-refractivity contribution in [2.45, 2.75) is 52.3 Å². The molecule has 3 atom stereocenters. The highest BCUT2D eigenvalue weighted by molar-refractivity contribution is 5.20. The third kappa shape index (κ3) is 3.80. The monoisotopic (exact) mass is 261 g/mol. The molecule has 2 nitrogen and oxygen atoms in total. The molecule has 0 spiro atoms. The summed E-state index contributed by atoms with van der Waals surface area (Å²) < 4.78 is 6.17. The average Bonchev–Trinajstić information content (AvgIpc) is 2.39. The summed E-state index contributed by atoms with van der Waals surface area (Å²) in [5.41, 5.74) is 1.33. The van der Waals surface area contributed by atoms with Gasteiger partial charge in [0.2, 0.25) is 0 Å². The van der Waals surface area contributed by atoms with Crippen LogP contribution in [0.25, 0.3) is 0 Å². The van der Waals surface area contributed by atoms with Gasteiger partial charge in [0.25, 0.3) is 0 Å². The minimum absolute atomic E-state index is 0.331. The maximum Gasteiger partial charge on any atom is 0.0734 e. The zero-order valence-electron chi connectivity index (χ0n) is 12.6. The molecule has 1 aliphatic rings. The summed E-state index contributed by atoms with van der Waals surface area (Å²) in [5, 5.41) is 3.80. The molecular formula is C17H27NO. The summed E-state index contributed by atoms with van der Waals surface area (Å²) in [5.74, 6) is 1.27. The smallest absolute Gasteiger partial charge is 0.0734 e. The van der Waals surface area contributed by atoms with Crippen LogP contribution >= 0.6 is 0 Å². The lowest BCUT2D eigenvalue weighted by Crippen LogP contribution is -2.53. The molecule has 1 fully saturated rings. The minimum Gasteiger partial charge on any atom is -0.375 e. The SMILES string of the molecule is CC(C)CC1OCC(c2ccccc2)NC1C(C)C. The summed E-state index contributed by atoms with van der Waals surface area (Å²) in [4.78, 5) is 0. The van der Waals surface area contributed by atoms with E-state index in [1.165, 1.54) is 5.56 Å². The number of nitrogens with one attached hydrogen (secondary N) is 1. The van der Waals surface area contributed by atoms with E-state index < -0.39 is 0 Å². The lowest BCUT2D eigenvalue weighted by molar-refractivity contribution is -0.0497. The first-order chi connectivity index (χ1) is 9.08. The molecule has 1 aromatic rings. The molecule has 2 rings (SSSR count). The fourth-order valence-corrected chi connectivity index (χ4v) is 2.89. The Morgan fingerprint density at radius 1 is 1.16 bits per heavy atom. The van der Waals surface area contributed by atoms with Gasteiger partial charge in [-0.1, -0.05) is 58.0 Å². The van der Waals surface area contributed by atoms with Crippen molar-refractivity contribution in [1.82, 2.24) is 5.32 Å². The van der Waals surface area contributed by atoms with Crippen LogP contribution in [0.5, 0.6) is 0 Å². The second kappa shape index (κ2) is 6.53. The van der Waals surface area contributed by atoms with Crippen molar-refractivity contribution < 1.29 is 4.74 Å². The van der Waals surface area contributed by atoms with E-state index in [0.717, 1.165) is 13.0 Å². The normalized spacial score (nSPS) is 28.0. The molecule has 1 heterocycles. The van der Waals surface area contributed by atoms with Crippen LogP contribution in [-0.2, 0) is 4.74 Å². The van der Waals surface area contributed by atoms with Gasteiger partial charge in [0.05, 0.1) is 18.8 Å². The van der Waals surface area contributed by atoms with Crippen molar-refractivity contribution >= 4 is 0 Å². The van der Waals surface area contributed by atoms with Gasteiger partial charge in [-0.15, -0.1) is 0 Å². The van der Waals surface area contributed by atoms with Gasteiger partial charge in [-0.25, -0.2) is 0 Å². The molecule has 0 amide bonds. The molecule has 0 aromatic heterocycles. The van der Waals surface area contributed by atoms with Gasteiger partial charge in [-0.2, -0.15) is 0 Å². The van der Waals surface area contributed by atoms with Gasteiger partial charge >= 0.3 is 0 Å². The van der Waals surface area contributed by atoms with Crippen molar-refractivity contribution in [2.24, 2.45) is 11.8 Å². The predicted octanol–water partition coefficient (Wildman–Crippen LogP) is 3.79. The summed E-state index contributed by atoms with van der Waals surface area (Å²) >= 11 is 0. The first-order valence-corrected chi connectivity index (χ1v) is 7.50. The number of benzene rings is 1. The zero-order chi connectivity index (χ0) is 13.8. The molecule has 1 N–H and O–H groups in total. The summed E-state index contributed by atoms with van der Waals surface area (Å²) in [6.45, 7) is 9.88. The van der Waals surface area contributed by atoms with Gasteiger partial charge in [0.15, 0.2) is 0 Å². The highest BCUT2D eigenvalue weighted by atomic mass is 16.5. The molecule has 1 aliphatic heterocycles. The topological polar surface area (TPSA) is 21.3 Å². The van der Waals surface area contributed by atoms with Crippen molar-refractivity contribution in [1.29, 1.82) is 0 Å². The van der Waals surface area contributed by atoms with Gasteiger partial charge in [0.1, 0.15) is 0 Å². The molecule has 0 saturated carbocycles. The van der Waals surface area contributed by atoms with E-state index in [1.54, 1.807) is 0 Å². The molecule has 106 valence electrons. The third-order valence-electron chi connectivity index (χ3n) is 3.90. The molecule has 19 heavy (non-hydrogen) atoms. The Hall–Kier alpha value is -0.860. The van der Waals surface area contributed by atoms with Gasteiger partial charge in [0, 0.05) is 6.04 Å². The summed E-state index contributed by atoms with van der Waals surface area (Å²) in [6, 6.07) is 11.4. The summed E-state index contributed by atoms with van der Waals surface area (Å²) in [6.07, 6.45) is 1.48. The first-order valence-electron chi connectivity index (χ1n) is 7.50. The van der Waals surface area contributed by atoms with E-state index in [0.29, 0.717) is 30.0 Å². The Morgan fingerprint density at radius 3 is 2.42 bits per heavy atom. The molecule has 0 radical (unpaired) electrons. The molecule has 2 heteroatoms. The second-order valence-electron chi connectivity index (χ2n) is 6.40. The number of rotatable bonds is 4. The maximum absolute atomic E-state index is 6.17. The Balaban J connectivity index is 2.06. The van der Waals surface area contributed by atoms with Crippen molar-refractivity contribution in [3.8, 4) is 0 Å². The number of hydrogen-bond acceptors (Lipinski definition) is 2. The van der Waals surface area contributed by atoms with Gasteiger partial charge in [-0.05, 0) is 23.8 Å². The zero-order valence-corrected chi connectivity index (χ0v) is 12.6. The lowest BCUT2D eigenvalue weighted by atomic mass is 9.89. The van der Waals surface area contributed by atoms with Gasteiger partial charge in [-0.3, -0.25) is 0 Å². The van der Waals surface area contributed by atoms with Crippen LogP contribution in [0.3, 0.4) is 0 Å². The Kier molecular flexibility index (Phi) is 5.00. The number of hydrogen-bond donors (Lipinski definition) is 1. The van der Waals surface area contributed by atoms with E-state index in [-0.39, 0.29) is 0 Å². The average molecular weight is 261 g/mol. The molecule has 1 aromatic carbocycles. The van der Waals surface area contributed by atoms with Crippen molar-refractivity contribution in [3.63, 3.8) is 0 Å². The molecular weight excluding hydrogens is 234 g/mol. The van der Waals surface area contributed by atoms with Crippen molar-refractivity contribution in [3.05, 3.63) is 35.9 Å². The van der Waals surface area contributed by atoms with E-state index in [1.807, 2.05) is 0 Å². The Labute approximate surface area is 117 Å². The first kappa shape index (κ1) is 14.5. The standard InChI is InChI=1S/C17H27NO/c1-12(2)10-16-17(13(3)4)18-15(11-19-16)14-8-6-5-7-9-14/h5-9,12-13,15-18H,10-11H2,1-4H3. The van der Waals surface area contributed by atoms with E-state index >= 15 is 0 Å². The van der Waals surface area contributed by atoms with Gasteiger partial charge < -0.3 is 10.1 Å². The molecule has 0 aliphatic carbocycles. The third-order valence-corrected chi connectivity index (χ3v) is 3.90. The van der Waals surface area contributed by atoms with Crippen LogP contribution in [0.2, 0.25) is 0 Å². The number of morpholine rings is 1.